The number of pyridine rings is 5. The van der Waals surface area contributed by atoms with Crippen LogP contribution in [0.3, 0.4) is 0 Å². The molecule has 714 valence electrons. The highest BCUT2D eigenvalue weighted by atomic mass is 32.2. The molecule has 42 heteroatoms. The molecule has 6 N–H and O–H groups in total. The minimum absolute atomic E-state index is 0.0937. The summed E-state index contributed by atoms with van der Waals surface area (Å²) in [6, 6.07) is 67.2. The molecule has 0 saturated carbocycles. The average molecular weight is 2040 g/mol. The fourth-order valence-electron chi connectivity index (χ4n) is 13.2. The quantitative estimate of drug-likeness (QED) is 0.0289. The number of aromatic nitrogens is 10. The summed E-state index contributed by atoms with van der Waals surface area (Å²) in [4.78, 5) is 123. The Morgan fingerprint density at radius 2 is 0.587 bits per heavy atom. The van der Waals surface area contributed by atoms with Crippen molar-refractivity contribution in [1.82, 2.24) is 54.6 Å². The van der Waals surface area contributed by atoms with Crippen LogP contribution in [0.1, 0.15) is 56.3 Å². The zero-order valence-corrected chi connectivity index (χ0v) is 86.4. The number of aryl methyl sites for hydroxylation is 5. The van der Waals surface area contributed by atoms with Crippen LogP contribution >= 0.6 is 78.6 Å². The Morgan fingerprint density at radius 1 is 0.370 bits per heavy atom. The number of thiazole rings is 5. The smallest absolute Gasteiger partial charge is 0.251 e. The number of amides is 5. The molecule has 0 spiro atoms. The van der Waals surface area contributed by atoms with E-state index in [1.807, 2.05) is 212 Å². The molecule has 10 aromatic heterocycles. The molecule has 0 saturated heterocycles. The van der Waals surface area contributed by atoms with Crippen molar-refractivity contribution < 1.29 is 55.2 Å². The maximum absolute atomic E-state index is 12.7. The lowest BCUT2D eigenvalue weighted by Crippen LogP contribution is -2.27. The molecule has 32 nitrogen and oxygen atoms in total. The second-order valence-corrected chi connectivity index (χ2v) is 49.1. The molecule has 15 rings (SSSR count). The van der Waals surface area contributed by atoms with E-state index in [1.54, 1.807) is 107 Å². The standard InChI is InChI=1S/C20H19N5O2S2.C19H20N4O3S2.2C19H21N4O2PS.C19H20N3O3PS/c1-14-19(29(3,27)23-13-21)28-20(24-14)25(2)18(26)12-15-7-9-16(10-8-15)17-6-4-5-11-22-17;1-13-18(28(25,26)20-2)27-19(22-13)23(3)17(24)12-14-7-9-15(10-8-14)16-6-4-5-11-21-16;2*1-13-18(26(3,20)25)27-19(22-13)23(2)17(24)12-14-7-9-15(10-8-14)16-6-4-5-11-21-16;1-13-18(26(3,24)25)27-19(21-13)22(2)17(23)12-14-7-9-15(10-8-14)16-6-4-5-11-20-16/h4-11H,12H2,1-3H3;4-11,20H,12H2,1-3H3;2*4-11H,12H2,1-3H3,(H2,20,25);4-11H,12H2,1-3H3,(H,24,25). The number of carbonyl (C=O) groups is 5. The first-order valence-electron chi connectivity index (χ1n) is 42.2. The van der Waals surface area contributed by atoms with Crippen molar-refractivity contribution in [2.45, 2.75) is 75.1 Å². The van der Waals surface area contributed by atoms with Crippen molar-refractivity contribution in [3.8, 4) is 62.5 Å². The minimum Gasteiger partial charge on any atom is -0.341 e. The van der Waals surface area contributed by atoms with Crippen LogP contribution in [-0.2, 0) is 89.5 Å². The number of benzene rings is 5. The van der Waals surface area contributed by atoms with Gasteiger partial charge in [0, 0.05) is 120 Å². The lowest BCUT2D eigenvalue weighted by atomic mass is 10.1. The van der Waals surface area contributed by atoms with Crippen molar-refractivity contribution in [2.24, 2.45) is 15.4 Å². The van der Waals surface area contributed by atoms with Gasteiger partial charge in [0.05, 0.1) is 98.8 Å². The predicted octanol–water partition coefficient (Wildman–Crippen LogP) is 16.0. The van der Waals surface area contributed by atoms with Crippen LogP contribution < -0.4 is 54.1 Å². The van der Waals surface area contributed by atoms with Crippen molar-refractivity contribution >= 4 is 167 Å². The molecule has 5 amide bonds. The molecule has 0 fully saturated rings. The number of sulfonamides is 1. The Labute approximate surface area is 821 Å². The molecule has 138 heavy (non-hydrogen) atoms. The SMILES string of the molecule is CNS(=O)(=O)c1sc(N(C)C(=O)Cc2ccc(-c3ccccn3)cc2)nc1C.Cc1nc(N(C)C(=O)Cc2ccc(-c3ccccn3)cc2)sc1P(C)(=O)O.Cc1nc(N(C)C(=O)Cc2ccc(-c3ccccn3)cc2)sc1P(C)(N)=O.Cc1nc(N(C)C(=O)Cc2ccc(-c3ccccn3)cc2)sc1P(C)(N)=O.Cc1nc(N(C)C(=O)Cc2ccc(-c3ccccn3)cc2)sc1S(C)(=O)=NC#N. The zero-order chi connectivity index (χ0) is 100. The van der Waals surface area contributed by atoms with Crippen molar-refractivity contribution in [2.75, 3.05) is 93.0 Å². The number of nitrogens with zero attached hydrogens (tertiary/aromatic N) is 17. The molecule has 4 unspecified atom stereocenters. The number of nitriles is 1. The zero-order valence-electron chi connectivity index (χ0n) is 78.0. The van der Waals surface area contributed by atoms with Gasteiger partial charge in [-0.05, 0) is 130 Å². The van der Waals surface area contributed by atoms with Gasteiger partial charge in [-0.15, -0.1) is 4.36 Å². The predicted molar refractivity (Wildman–Crippen MR) is 555 cm³/mol. The van der Waals surface area contributed by atoms with Gasteiger partial charge in [-0.25, -0.2) is 42.3 Å². The lowest BCUT2D eigenvalue weighted by molar-refractivity contribution is -0.118. The number of nitrogens with two attached hydrogens (primary N) is 2. The molecule has 0 radical (unpaired) electrons. The highest BCUT2D eigenvalue weighted by Crippen LogP contribution is 2.42. The third-order valence-electron chi connectivity index (χ3n) is 20.7. The van der Waals surface area contributed by atoms with Gasteiger partial charge in [0.2, 0.25) is 43.1 Å². The van der Waals surface area contributed by atoms with Gasteiger partial charge in [-0.2, -0.15) is 5.26 Å². The molecule has 0 aliphatic rings. The maximum Gasteiger partial charge on any atom is 0.251 e. The summed E-state index contributed by atoms with van der Waals surface area (Å²) in [5.41, 5.74) is 27.9. The fourth-order valence-corrected chi connectivity index (χ4v) is 25.4. The number of likely N-dealkylation sites (N-methyl/N-ethyl adjacent to an activating group) is 5. The first-order chi connectivity index (χ1) is 65.4. The molecule has 10 heterocycles. The van der Waals surface area contributed by atoms with Crippen molar-refractivity contribution in [3.05, 3.63) is 300 Å². The summed E-state index contributed by atoms with van der Waals surface area (Å²) in [5, 5.41) is 10.9. The molecule has 0 aliphatic carbocycles. The Morgan fingerprint density at radius 3 is 0.790 bits per heavy atom. The molecular formula is C96H101N20O12P3S7. The van der Waals surface area contributed by atoms with Gasteiger partial charge < -0.3 is 14.0 Å². The third kappa shape index (κ3) is 28.5. The van der Waals surface area contributed by atoms with E-state index in [4.69, 9.17) is 16.3 Å². The van der Waals surface area contributed by atoms with Gasteiger partial charge in [-0.3, -0.25) is 89.0 Å². The number of hydrogen-bond donors (Lipinski definition) is 4. The summed E-state index contributed by atoms with van der Waals surface area (Å²) < 4.78 is 80.4. The Balaban J connectivity index is 0.000000165. The molecule has 5 aromatic carbocycles. The van der Waals surface area contributed by atoms with Crippen LogP contribution in [0.5, 0.6) is 0 Å². The second-order valence-electron chi connectivity index (χ2n) is 31.7. The number of anilines is 5. The van der Waals surface area contributed by atoms with E-state index in [2.05, 4.69) is 58.9 Å². The van der Waals surface area contributed by atoms with E-state index in [0.29, 0.717) is 72.2 Å². The maximum atomic E-state index is 12.7. The van der Waals surface area contributed by atoms with Gasteiger partial charge in [0.25, 0.3) is 10.0 Å². The number of nitrogens with one attached hydrogen (secondary N) is 1. The van der Waals surface area contributed by atoms with Crippen LogP contribution in [0.25, 0.3) is 56.3 Å². The van der Waals surface area contributed by atoms with Gasteiger partial charge in [0.15, 0.2) is 44.5 Å². The summed E-state index contributed by atoms with van der Waals surface area (Å²) in [6.45, 7) is 12.8. The summed E-state index contributed by atoms with van der Waals surface area (Å²) in [5.74, 6) is -0.638. The van der Waals surface area contributed by atoms with E-state index in [9.17, 15) is 55.2 Å². The van der Waals surface area contributed by atoms with E-state index in [0.717, 1.165) is 118 Å². The normalized spacial score (nSPS) is 12.7. The fraction of sp³-hybridized carbons (Fsp3) is 0.208. The van der Waals surface area contributed by atoms with E-state index in [1.165, 1.54) is 80.5 Å². The second kappa shape index (κ2) is 47.1. The van der Waals surface area contributed by atoms with Crippen molar-refractivity contribution in [3.63, 3.8) is 0 Å². The number of carbonyl (C=O) groups excluding carboxylic acids is 5. The first kappa shape index (κ1) is 106. The lowest BCUT2D eigenvalue weighted by Gasteiger charge is -2.14. The van der Waals surface area contributed by atoms with Gasteiger partial charge in [0.1, 0.15) is 18.1 Å². The molecular weight excluding hydrogens is 1940 g/mol. The highest BCUT2D eigenvalue weighted by molar-refractivity contribution is 7.95. The molecule has 0 aliphatic heterocycles. The van der Waals surface area contributed by atoms with E-state index >= 15 is 0 Å². The molecule has 0 bridgehead atoms. The summed E-state index contributed by atoms with van der Waals surface area (Å²) >= 11 is 5.60. The van der Waals surface area contributed by atoms with Crippen LogP contribution in [0.2, 0.25) is 0 Å². The highest BCUT2D eigenvalue weighted by Gasteiger charge is 2.30. The topological polar surface area (TPSA) is 453 Å². The van der Waals surface area contributed by atoms with Gasteiger partial charge in [-0.1, -0.05) is 208 Å². The largest absolute Gasteiger partial charge is 0.341 e. The monoisotopic (exact) mass is 2040 g/mol. The molecule has 15 aromatic rings. The van der Waals surface area contributed by atoms with Crippen LogP contribution in [0.15, 0.2) is 256 Å². The number of hydrogen-bond acceptors (Lipinski definition) is 28. The Hall–Kier alpha value is -12.7. The Bertz CT molecular complexity index is 6870. The van der Waals surface area contributed by atoms with E-state index in [-0.39, 0.29) is 65.8 Å². The summed E-state index contributed by atoms with van der Waals surface area (Å²) in [6.07, 6.45) is 12.8. The van der Waals surface area contributed by atoms with Crippen LogP contribution in [0.4, 0.5) is 25.7 Å². The third-order valence-corrected chi connectivity index (χ3v) is 38.0. The van der Waals surface area contributed by atoms with E-state index < -0.39 is 41.7 Å². The minimum atomic E-state index is -3.60. The first-order valence-corrected chi connectivity index (χ1v) is 56.2. The van der Waals surface area contributed by atoms with Crippen LogP contribution in [-0.4, -0.2) is 165 Å². The molecule has 4 atom stereocenters. The average Bonchev–Trinajstić information content (AvgIpc) is 1.70. The number of rotatable bonds is 26. The van der Waals surface area contributed by atoms with Crippen LogP contribution in [0, 0.1) is 46.1 Å². The van der Waals surface area contributed by atoms with Crippen molar-refractivity contribution in [1.29, 1.82) is 5.26 Å². The Kier molecular flexibility index (Phi) is 36.1. The van der Waals surface area contributed by atoms with Gasteiger partial charge >= 0.3 is 0 Å². The summed E-state index contributed by atoms with van der Waals surface area (Å²) in [7, 11) is -6.08.